The molecule has 88 valence electrons. The Bertz CT molecular complexity index is 338. The first-order valence-corrected chi connectivity index (χ1v) is 6.26. The summed E-state index contributed by atoms with van der Waals surface area (Å²) in [6.07, 6.45) is 7.83. The molecule has 0 saturated carbocycles. The maximum atomic E-state index is 5.67. The van der Waals surface area contributed by atoms with E-state index in [1.54, 1.807) is 0 Å². The summed E-state index contributed by atoms with van der Waals surface area (Å²) in [6.45, 7) is 2.22. The van der Waals surface area contributed by atoms with Crippen molar-refractivity contribution in [3.8, 4) is 0 Å². The van der Waals surface area contributed by atoms with Crippen molar-refractivity contribution in [1.82, 2.24) is 10.4 Å². The predicted octanol–water partition coefficient (Wildman–Crippen LogP) is 2.13. The van der Waals surface area contributed by atoms with Gasteiger partial charge in [0.2, 0.25) is 0 Å². The van der Waals surface area contributed by atoms with E-state index in [0.717, 1.165) is 12.8 Å². The number of fused-ring (bicyclic) bond motifs is 1. The minimum atomic E-state index is 0.385. The van der Waals surface area contributed by atoms with E-state index >= 15 is 0 Å². The molecule has 0 aliphatic heterocycles. The van der Waals surface area contributed by atoms with Gasteiger partial charge in [0, 0.05) is 23.9 Å². The molecule has 1 heterocycles. The summed E-state index contributed by atoms with van der Waals surface area (Å²) in [4.78, 5) is 4.52. The van der Waals surface area contributed by atoms with Gasteiger partial charge in [0.25, 0.3) is 0 Å². The van der Waals surface area contributed by atoms with E-state index in [1.165, 1.54) is 30.5 Å². The third-order valence-electron chi connectivity index (χ3n) is 3.57. The molecule has 3 N–H and O–H groups in total. The van der Waals surface area contributed by atoms with Crippen LogP contribution in [0.1, 0.15) is 49.8 Å². The lowest BCUT2D eigenvalue weighted by molar-refractivity contribution is 0.397. The molecule has 3 heteroatoms. The average Bonchev–Trinajstić information content (AvgIpc) is 2.75. The van der Waals surface area contributed by atoms with Crippen LogP contribution in [0.4, 0.5) is 0 Å². The second-order valence-corrected chi connectivity index (χ2v) is 4.61. The van der Waals surface area contributed by atoms with Crippen molar-refractivity contribution in [2.75, 3.05) is 0 Å². The molecule has 2 unspecified atom stereocenters. The highest BCUT2D eigenvalue weighted by Crippen LogP contribution is 2.34. The minimum absolute atomic E-state index is 0.385. The molecule has 0 aromatic carbocycles. The maximum Gasteiger partial charge on any atom is 0.0482 e. The van der Waals surface area contributed by atoms with Crippen LogP contribution in [0.25, 0.3) is 0 Å². The molecule has 1 aliphatic rings. The Kier molecular flexibility index (Phi) is 3.91. The van der Waals surface area contributed by atoms with Crippen LogP contribution in [0.2, 0.25) is 0 Å². The first-order valence-electron chi connectivity index (χ1n) is 6.26. The normalized spacial score (nSPS) is 20.8. The van der Waals surface area contributed by atoms with E-state index in [-0.39, 0.29) is 0 Å². The van der Waals surface area contributed by atoms with Gasteiger partial charge in [-0.2, -0.15) is 0 Å². The number of aryl methyl sites for hydroxylation is 1. The van der Waals surface area contributed by atoms with Crippen molar-refractivity contribution >= 4 is 0 Å². The van der Waals surface area contributed by atoms with Crippen LogP contribution in [0.3, 0.4) is 0 Å². The molecule has 0 radical (unpaired) electrons. The third-order valence-corrected chi connectivity index (χ3v) is 3.57. The number of aromatic nitrogens is 1. The van der Waals surface area contributed by atoms with Crippen molar-refractivity contribution < 1.29 is 0 Å². The Morgan fingerprint density at radius 2 is 2.50 bits per heavy atom. The van der Waals surface area contributed by atoms with E-state index in [9.17, 15) is 0 Å². The zero-order valence-corrected chi connectivity index (χ0v) is 9.95. The molecule has 0 fully saturated rings. The summed E-state index contributed by atoms with van der Waals surface area (Å²) in [5, 5.41) is 0. The third kappa shape index (κ3) is 2.25. The molecule has 1 aliphatic carbocycles. The van der Waals surface area contributed by atoms with Crippen molar-refractivity contribution in [2.45, 2.75) is 51.0 Å². The molecule has 1 aromatic rings. The van der Waals surface area contributed by atoms with Gasteiger partial charge in [0.1, 0.15) is 0 Å². The van der Waals surface area contributed by atoms with Gasteiger partial charge in [-0.25, -0.2) is 0 Å². The van der Waals surface area contributed by atoms with Gasteiger partial charge in [0.05, 0.1) is 0 Å². The van der Waals surface area contributed by atoms with Crippen molar-refractivity contribution in [3.63, 3.8) is 0 Å². The van der Waals surface area contributed by atoms with Crippen molar-refractivity contribution in [2.24, 2.45) is 5.84 Å². The molecule has 0 bridgehead atoms. The number of pyridine rings is 1. The van der Waals surface area contributed by atoms with Crippen molar-refractivity contribution in [3.05, 3.63) is 29.6 Å². The number of unbranched alkanes of at least 4 members (excludes halogenated alkanes) is 1. The molecule has 0 spiro atoms. The number of nitrogens with one attached hydrogen (secondary N) is 1. The van der Waals surface area contributed by atoms with Gasteiger partial charge in [0.15, 0.2) is 0 Å². The molecule has 3 nitrogen and oxygen atoms in total. The molecule has 2 atom stereocenters. The number of hydrogen-bond donors (Lipinski definition) is 2. The highest BCUT2D eigenvalue weighted by Gasteiger charge is 2.29. The topological polar surface area (TPSA) is 50.9 Å². The Morgan fingerprint density at radius 1 is 1.62 bits per heavy atom. The molecule has 1 aromatic heterocycles. The smallest absolute Gasteiger partial charge is 0.0482 e. The Morgan fingerprint density at radius 3 is 3.25 bits per heavy atom. The van der Waals surface area contributed by atoms with Gasteiger partial charge in [-0.3, -0.25) is 16.3 Å². The molecule has 0 amide bonds. The van der Waals surface area contributed by atoms with Gasteiger partial charge in [-0.15, -0.1) is 0 Å². The van der Waals surface area contributed by atoms with Crippen molar-refractivity contribution in [1.29, 1.82) is 0 Å². The van der Waals surface area contributed by atoms with E-state index in [4.69, 9.17) is 5.84 Å². The highest BCUT2D eigenvalue weighted by molar-refractivity contribution is 5.29. The lowest BCUT2D eigenvalue weighted by Crippen LogP contribution is -2.39. The number of nitrogens with zero attached hydrogens (tertiary/aromatic N) is 1. The SMILES string of the molecule is CCCCC(NN)C1CCc2cccnc21. The quantitative estimate of drug-likeness (QED) is 0.589. The second kappa shape index (κ2) is 5.41. The van der Waals surface area contributed by atoms with E-state index < -0.39 is 0 Å². The van der Waals surface area contributed by atoms with Gasteiger partial charge >= 0.3 is 0 Å². The van der Waals surface area contributed by atoms with Crippen LogP contribution in [-0.2, 0) is 6.42 Å². The molecular weight excluding hydrogens is 198 g/mol. The number of nitrogens with two attached hydrogens (primary N) is 1. The fraction of sp³-hybridized carbons (Fsp3) is 0.615. The fourth-order valence-electron chi connectivity index (χ4n) is 2.66. The summed E-state index contributed by atoms with van der Waals surface area (Å²) in [5.74, 6) is 6.18. The predicted molar refractivity (Wildman–Crippen MR) is 65.9 cm³/mol. The molecule has 0 saturated heterocycles. The van der Waals surface area contributed by atoms with E-state index in [0.29, 0.717) is 12.0 Å². The van der Waals surface area contributed by atoms with Gasteiger partial charge < -0.3 is 0 Å². The summed E-state index contributed by atoms with van der Waals surface area (Å²) >= 11 is 0. The highest BCUT2D eigenvalue weighted by atomic mass is 15.2. The largest absolute Gasteiger partial charge is 0.271 e. The Hall–Kier alpha value is -0.930. The minimum Gasteiger partial charge on any atom is -0.271 e. The lowest BCUT2D eigenvalue weighted by atomic mass is 9.93. The van der Waals surface area contributed by atoms with E-state index in [1.807, 2.05) is 12.3 Å². The first kappa shape index (κ1) is 11.6. The summed E-state index contributed by atoms with van der Waals surface area (Å²) in [5.41, 5.74) is 5.65. The zero-order valence-electron chi connectivity index (χ0n) is 9.95. The zero-order chi connectivity index (χ0) is 11.4. The van der Waals surface area contributed by atoms with Crippen LogP contribution >= 0.6 is 0 Å². The lowest BCUT2D eigenvalue weighted by Gasteiger charge is -2.22. The fourth-order valence-corrected chi connectivity index (χ4v) is 2.66. The van der Waals surface area contributed by atoms with Crippen LogP contribution < -0.4 is 11.3 Å². The van der Waals surface area contributed by atoms with Crippen LogP contribution in [-0.4, -0.2) is 11.0 Å². The summed E-state index contributed by atoms with van der Waals surface area (Å²) < 4.78 is 0. The second-order valence-electron chi connectivity index (χ2n) is 4.61. The maximum absolute atomic E-state index is 5.67. The molecule has 16 heavy (non-hydrogen) atoms. The molecular formula is C13H21N3. The summed E-state index contributed by atoms with van der Waals surface area (Å²) in [6, 6.07) is 4.60. The average molecular weight is 219 g/mol. The molecule has 2 rings (SSSR count). The number of rotatable bonds is 5. The number of hydrazine groups is 1. The Labute approximate surface area is 97.4 Å². The van der Waals surface area contributed by atoms with Gasteiger partial charge in [-0.05, 0) is 30.9 Å². The number of hydrogen-bond acceptors (Lipinski definition) is 3. The van der Waals surface area contributed by atoms with Crippen LogP contribution in [0, 0.1) is 0 Å². The Balaban J connectivity index is 2.10. The summed E-state index contributed by atoms with van der Waals surface area (Å²) in [7, 11) is 0. The van der Waals surface area contributed by atoms with Crippen LogP contribution in [0.5, 0.6) is 0 Å². The van der Waals surface area contributed by atoms with Gasteiger partial charge in [-0.1, -0.05) is 25.8 Å². The standard InChI is InChI=1S/C13H21N3/c1-2-3-6-12(16-14)11-8-7-10-5-4-9-15-13(10)11/h4-5,9,11-12,16H,2-3,6-8,14H2,1H3. The van der Waals surface area contributed by atoms with E-state index in [2.05, 4.69) is 23.4 Å². The monoisotopic (exact) mass is 219 g/mol. The van der Waals surface area contributed by atoms with Crippen LogP contribution in [0.15, 0.2) is 18.3 Å². The first-order chi connectivity index (χ1) is 7.86.